The first-order valence-electron chi connectivity index (χ1n) is 10.9. The summed E-state index contributed by atoms with van der Waals surface area (Å²) in [5.41, 5.74) is -0.990. The van der Waals surface area contributed by atoms with Crippen molar-refractivity contribution in [1.29, 1.82) is 0 Å². The van der Waals surface area contributed by atoms with Gasteiger partial charge < -0.3 is 34.3 Å². The lowest BCUT2D eigenvalue weighted by atomic mass is 10.1. The Kier molecular flexibility index (Phi) is 8.37. The Bertz CT molecular complexity index is 885. The van der Waals surface area contributed by atoms with E-state index in [1.807, 2.05) is 6.92 Å². The number of halogens is 1. The summed E-state index contributed by atoms with van der Waals surface area (Å²) in [7, 11) is 0. The fraction of sp³-hybridized carbons (Fsp3) is 0.750. The number of carbonyl (C=O) groups excluding carboxylic acids is 1. The molecule has 12 nitrogen and oxygen atoms in total. The van der Waals surface area contributed by atoms with Crippen LogP contribution in [-0.4, -0.2) is 80.5 Å². The van der Waals surface area contributed by atoms with Gasteiger partial charge in [0, 0.05) is 0 Å². The quantitative estimate of drug-likeness (QED) is 0.384. The standard InChI is InChI=1S/C20H30FN3O9/c1-4-5-6-7-30-20(29)23-16-11(21)8-24(19(28)22-16)17-14(27)15(10(3)31-17)33-18-13(26)12(25)9(2)32-18/h8-10,12-15,17-18,25-27H,4-7H2,1-3H3,(H,22,23,28,29)/t9-,10-,12?,13?,14?,15?,17-,18-/m1/s1. The van der Waals surface area contributed by atoms with Gasteiger partial charge in [0.25, 0.3) is 0 Å². The van der Waals surface area contributed by atoms with Gasteiger partial charge in [-0.1, -0.05) is 19.8 Å². The maximum atomic E-state index is 14.5. The van der Waals surface area contributed by atoms with Gasteiger partial charge in [-0.05, 0) is 20.3 Å². The second-order valence-corrected chi connectivity index (χ2v) is 8.11. The minimum atomic E-state index is -1.45. The van der Waals surface area contributed by atoms with Gasteiger partial charge in [-0.3, -0.25) is 9.88 Å². The first-order valence-corrected chi connectivity index (χ1v) is 10.9. The zero-order valence-corrected chi connectivity index (χ0v) is 18.6. The Morgan fingerprint density at radius 3 is 2.55 bits per heavy atom. The van der Waals surface area contributed by atoms with Crippen molar-refractivity contribution >= 4 is 11.9 Å². The molecule has 8 atom stereocenters. The highest BCUT2D eigenvalue weighted by atomic mass is 19.1. The molecule has 4 unspecified atom stereocenters. The molecular weight excluding hydrogens is 445 g/mol. The van der Waals surface area contributed by atoms with Crippen molar-refractivity contribution in [2.45, 2.75) is 89.2 Å². The van der Waals surface area contributed by atoms with Crippen LogP contribution in [0.4, 0.5) is 15.0 Å². The SMILES string of the molecule is CCCCCOC(=O)Nc1nc(=O)n([C@@H]2O[C@H](C)C(O[C@H]3O[C@H](C)C(O)C3O)C2O)cc1F. The van der Waals surface area contributed by atoms with Gasteiger partial charge in [0.1, 0.15) is 24.4 Å². The van der Waals surface area contributed by atoms with E-state index in [2.05, 4.69) is 10.3 Å². The van der Waals surface area contributed by atoms with Crippen LogP contribution in [0.15, 0.2) is 11.0 Å². The van der Waals surface area contributed by atoms with E-state index in [0.29, 0.717) is 6.42 Å². The zero-order chi connectivity index (χ0) is 24.3. The molecular formula is C20H30FN3O9. The minimum Gasteiger partial charge on any atom is -0.449 e. The molecule has 0 bridgehead atoms. The molecule has 1 amide bonds. The van der Waals surface area contributed by atoms with Crippen molar-refractivity contribution in [2.24, 2.45) is 0 Å². The van der Waals surface area contributed by atoms with E-state index in [-0.39, 0.29) is 6.61 Å². The molecule has 13 heteroatoms. The average molecular weight is 475 g/mol. The molecule has 2 saturated heterocycles. The summed E-state index contributed by atoms with van der Waals surface area (Å²) in [5, 5.41) is 32.6. The van der Waals surface area contributed by atoms with E-state index in [9.17, 15) is 29.3 Å². The number of aliphatic hydroxyl groups excluding tert-OH is 3. The van der Waals surface area contributed by atoms with Gasteiger partial charge in [0.15, 0.2) is 24.2 Å². The lowest BCUT2D eigenvalue weighted by molar-refractivity contribution is -0.207. The third kappa shape index (κ3) is 5.67. The average Bonchev–Trinajstić information content (AvgIpc) is 3.18. The fourth-order valence-corrected chi connectivity index (χ4v) is 3.68. The maximum absolute atomic E-state index is 14.5. The summed E-state index contributed by atoms with van der Waals surface area (Å²) >= 11 is 0. The first-order chi connectivity index (χ1) is 15.6. The highest BCUT2D eigenvalue weighted by Gasteiger charge is 2.49. The number of nitrogens with zero attached hydrogens (tertiary/aromatic N) is 2. The topological polar surface area (TPSA) is 162 Å². The highest BCUT2D eigenvalue weighted by Crippen LogP contribution is 2.33. The van der Waals surface area contributed by atoms with Gasteiger partial charge in [-0.2, -0.15) is 4.98 Å². The molecule has 3 heterocycles. The van der Waals surface area contributed by atoms with Crippen LogP contribution in [0.25, 0.3) is 0 Å². The molecule has 4 N–H and O–H groups in total. The Balaban J connectivity index is 1.67. The fourth-order valence-electron chi connectivity index (χ4n) is 3.68. The van der Waals surface area contributed by atoms with Crippen LogP contribution in [0.1, 0.15) is 46.3 Å². The normalized spacial score (nSPS) is 33.9. The van der Waals surface area contributed by atoms with Gasteiger partial charge in [-0.15, -0.1) is 0 Å². The Hall–Kier alpha value is -2.16. The summed E-state index contributed by atoms with van der Waals surface area (Å²) in [5.74, 6) is -1.66. The van der Waals surface area contributed by atoms with Gasteiger partial charge in [0.2, 0.25) is 0 Å². The van der Waals surface area contributed by atoms with Gasteiger partial charge in [0.05, 0.1) is 25.0 Å². The van der Waals surface area contributed by atoms with Crippen LogP contribution in [0.5, 0.6) is 0 Å². The molecule has 2 aliphatic heterocycles. The Morgan fingerprint density at radius 2 is 1.91 bits per heavy atom. The number of anilines is 1. The summed E-state index contributed by atoms with van der Waals surface area (Å²) in [6, 6.07) is 0. The number of unbranched alkanes of at least 4 members (excludes halogenated alkanes) is 2. The van der Waals surface area contributed by atoms with Crippen LogP contribution in [-0.2, 0) is 18.9 Å². The zero-order valence-electron chi connectivity index (χ0n) is 18.6. The lowest BCUT2D eigenvalue weighted by Gasteiger charge is -2.24. The van der Waals surface area contributed by atoms with Crippen LogP contribution in [0.3, 0.4) is 0 Å². The predicted molar refractivity (Wildman–Crippen MR) is 110 cm³/mol. The number of amides is 1. The number of aromatic nitrogens is 2. The van der Waals surface area contributed by atoms with Crippen molar-refractivity contribution in [2.75, 3.05) is 11.9 Å². The van der Waals surface area contributed by atoms with Gasteiger partial charge >= 0.3 is 11.8 Å². The molecule has 2 fully saturated rings. The van der Waals surface area contributed by atoms with E-state index in [1.165, 1.54) is 0 Å². The number of hydrogen-bond acceptors (Lipinski definition) is 10. The summed E-state index contributed by atoms with van der Waals surface area (Å²) in [4.78, 5) is 27.8. The molecule has 3 rings (SSSR count). The van der Waals surface area contributed by atoms with Crippen molar-refractivity contribution in [3.8, 4) is 0 Å². The monoisotopic (exact) mass is 475 g/mol. The Morgan fingerprint density at radius 1 is 1.18 bits per heavy atom. The molecule has 0 aliphatic carbocycles. The molecule has 0 spiro atoms. The minimum absolute atomic E-state index is 0.148. The first kappa shape index (κ1) is 25.5. The summed E-state index contributed by atoms with van der Waals surface area (Å²) < 4.78 is 36.7. The molecule has 0 aromatic carbocycles. The van der Waals surface area contributed by atoms with Crippen LogP contribution in [0.2, 0.25) is 0 Å². The van der Waals surface area contributed by atoms with E-state index >= 15 is 0 Å². The predicted octanol–water partition coefficient (Wildman–Crippen LogP) is 0.251. The number of nitrogens with one attached hydrogen (secondary N) is 1. The van der Waals surface area contributed by atoms with Gasteiger partial charge in [-0.25, -0.2) is 14.0 Å². The largest absolute Gasteiger partial charge is 0.449 e. The van der Waals surface area contributed by atoms with E-state index in [4.69, 9.17) is 18.9 Å². The smallest absolute Gasteiger partial charge is 0.412 e. The number of hydrogen-bond donors (Lipinski definition) is 4. The molecule has 2 aliphatic rings. The van der Waals surface area contributed by atoms with Crippen LogP contribution < -0.4 is 11.0 Å². The number of ether oxygens (including phenoxy) is 4. The molecule has 0 radical (unpaired) electrons. The molecule has 1 aromatic rings. The van der Waals surface area contributed by atoms with E-state index in [1.54, 1.807) is 13.8 Å². The number of carbonyl (C=O) groups is 1. The molecule has 33 heavy (non-hydrogen) atoms. The van der Waals surface area contributed by atoms with Crippen molar-refractivity contribution in [3.05, 3.63) is 22.5 Å². The van der Waals surface area contributed by atoms with Crippen molar-refractivity contribution < 1.29 is 43.5 Å². The highest BCUT2D eigenvalue weighted by molar-refractivity contribution is 5.83. The Labute approximate surface area is 189 Å². The summed E-state index contributed by atoms with van der Waals surface area (Å²) in [6.07, 6.45) is -6.79. The number of rotatable bonds is 8. The van der Waals surface area contributed by atoms with Crippen molar-refractivity contribution in [1.82, 2.24) is 9.55 Å². The maximum Gasteiger partial charge on any atom is 0.412 e. The lowest BCUT2D eigenvalue weighted by Crippen LogP contribution is -2.42. The molecule has 1 aromatic heterocycles. The van der Waals surface area contributed by atoms with E-state index < -0.39 is 72.6 Å². The third-order valence-electron chi connectivity index (χ3n) is 5.58. The summed E-state index contributed by atoms with van der Waals surface area (Å²) in [6.45, 7) is 5.24. The second kappa shape index (κ2) is 10.8. The van der Waals surface area contributed by atoms with E-state index in [0.717, 1.165) is 23.6 Å². The van der Waals surface area contributed by atoms with Crippen LogP contribution in [0, 0.1) is 5.82 Å². The van der Waals surface area contributed by atoms with Crippen LogP contribution >= 0.6 is 0 Å². The molecule has 186 valence electrons. The second-order valence-electron chi connectivity index (χ2n) is 8.11. The number of aliphatic hydroxyl groups is 3. The molecule has 0 saturated carbocycles. The third-order valence-corrected chi connectivity index (χ3v) is 5.58. The van der Waals surface area contributed by atoms with Crippen molar-refractivity contribution in [3.63, 3.8) is 0 Å².